The van der Waals surface area contributed by atoms with Crippen molar-refractivity contribution in [2.75, 3.05) is 0 Å². The summed E-state index contributed by atoms with van der Waals surface area (Å²) in [6, 6.07) is 36.3. The number of rotatable bonds is 3. The summed E-state index contributed by atoms with van der Waals surface area (Å²) in [6.45, 7) is 4.41. The first-order valence-electron chi connectivity index (χ1n) is 11.3. The van der Waals surface area contributed by atoms with Crippen LogP contribution in [0.2, 0.25) is 0 Å². The second-order valence-electron chi connectivity index (χ2n) is 8.26. The van der Waals surface area contributed by atoms with Crippen molar-refractivity contribution in [2.45, 2.75) is 45.4 Å². The van der Waals surface area contributed by atoms with E-state index in [0.717, 1.165) is 0 Å². The second-order valence-corrected chi connectivity index (χ2v) is 9.49. The molecule has 1 aliphatic carbocycles. The largest absolute Gasteiger partial charge is 0.210 e. The van der Waals surface area contributed by atoms with Gasteiger partial charge in [0.1, 0.15) is 0 Å². The maximum absolute atomic E-state index is 2.26. The van der Waals surface area contributed by atoms with Crippen LogP contribution in [0, 0.1) is 0 Å². The smallest absolute Gasteiger partial charge is 0.0512 e. The van der Waals surface area contributed by atoms with Crippen LogP contribution in [0.5, 0.6) is 0 Å². The van der Waals surface area contributed by atoms with Gasteiger partial charge in [-0.2, -0.15) is 47.0 Å². The van der Waals surface area contributed by atoms with E-state index in [1.807, 2.05) is 0 Å². The summed E-state index contributed by atoms with van der Waals surface area (Å²) in [5.41, 5.74) is 7.29. The molecular weight excluding hydrogens is 452 g/mol. The van der Waals surface area contributed by atoms with Crippen molar-refractivity contribution in [3.05, 3.63) is 131 Å². The first-order valence-corrected chi connectivity index (χ1v) is 12.5. The van der Waals surface area contributed by atoms with Crippen LogP contribution < -0.4 is 0 Å². The molecule has 0 spiro atoms. The van der Waals surface area contributed by atoms with Crippen LogP contribution in [-0.4, -0.2) is 3.21 Å². The van der Waals surface area contributed by atoms with Crippen LogP contribution in [0.15, 0.2) is 103 Å². The van der Waals surface area contributed by atoms with Gasteiger partial charge in [-0.15, -0.1) is 0 Å². The van der Waals surface area contributed by atoms with E-state index in [2.05, 4.69) is 117 Å². The van der Waals surface area contributed by atoms with Crippen molar-refractivity contribution < 1.29 is 24.2 Å². The van der Waals surface area contributed by atoms with Gasteiger partial charge in [-0.25, -0.2) is 12.1 Å². The Hall–Kier alpha value is -2.11. The number of aryl methyl sites for hydroxylation is 2. The summed E-state index contributed by atoms with van der Waals surface area (Å²) in [5, 5.41) is 0. The molecular formula is C30H32Zr. The first kappa shape index (κ1) is 23.6. The van der Waals surface area contributed by atoms with Crippen LogP contribution in [0.25, 0.3) is 0 Å². The molecule has 0 saturated carbocycles. The summed E-state index contributed by atoms with van der Waals surface area (Å²) in [7, 11) is 0. The minimum Gasteiger partial charge on any atom is -0.210 e. The Bertz CT molecular complexity index is 943. The van der Waals surface area contributed by atoms with Crippen LogP contribution in [-0.2, 0) is 37.1 Å². The number of fused-ring (bicyclic) bond motifs is 1. The van der Waals surface area contributed by atoms with E-state index in [-0.39, 0.29) is 0 Å². The van der Waals surface area contributed by atoms with E-state index in [1.54, 1.807) is 11.1 Å². The molecule has 156 valence electrons. The van der Waals surface area contributed by atoms with Crippen LogP contribution in [0.4, 0.5) is 0 Å². The Morgan fingerprint density at radius 1 is 0.774 bits per heavy atom. The molecule has 1 aliphatic rings. The Morgan fingerprint density at radius 2 is 1.39 bits per heavy atom. The van der Waals surface area contributed by atoms with Crippen LogP contribution in [0.3, 0.4) is 0 Å². The minimum absolute atomic E-state index is 0.685. The molecule has 0 heterocycles. The van der Waals surface area contributed by atoms with Crippen molar-refractivity contribution in [1.82, 2.24) is 0 Å². The molecule has 0 radical (unpaired) electrons. The molecule has 4 aromatic rings. The quantitative estimate of drug-likeness (QED) is 0.263. The Balaban J connectivity index is 0.000000139. The fraction of sp³-hybridized carbons (Fsp3) is 0.233. The zero-order chi connectivity index (χ0) is 21.9. The Morgan fingerprint density at radius 3 is 1.87 bits per heavy atom. The molecule has 0 saturated heterocycles. The van der Waals surface area contributed by atoms with Gasteiger partial charge in [0.25, 0.3) is 0 Å². The molecule has 0 aromatic heterocycles. The third-order valence-electron chi connectivity index (χ3n) is 5.63. The van der Waals surface area contributed by atoms with E-state index in [1.165, 1.54) is 69.8 Å². The fourth-order valence-electron chi connectivity index (χ4n) is 3.76. The van der Waals surface area contributed by atoms with E-state index < -0.39 is 0 Å². The predicted molar refractivity (Wildman–Crippen MR) is 131 cm³/mol. The summed E-state index contributed by atoms with van der Waals surface area (Å²) < 4.78 is 1.42. The van der Waals surface area contributed by atoms with Crippen LogP contribution in [0.1, 0.15) is 60.4 Å². The molecule has 0 nitrogen and oxygen atoms in total. The molecule has 0 unspecified atom stereocenters. The molecule has 0 N–H and O–H groups in total. The minimum atomic E-state index is 0.685. The fourth-order valence-corrected chi connectivity index (χ4v) is 4.58. The molecule has 4 aromatic carbocycles. The van der Waals surface area contributed by atoms with E-state index in [0.29, 0.717) is 5.92 Å². The monoisotopic (exact) mass is 482 g/mol. The number of benzene rings is 2. The first-order chi connectivity index (χ1) is 15.1. The molecule has 31 heavy (non-hydrogen) atoms. The van der Waals surface area contributed by atoms with E-state index in [9.17, 15) is 0 Å². The molecule has 1 heteroatoms. The summed E-state index contributed by atoms with van der Waals surface area (Å²) >= 11 is 1.46. The van der Waals surface area contributed by atoms with Crippen molar-refractivity contribution in [2.24, 2.45) is 0 Å². The molecule has 0 amide bonds. The maximum Gasteiger partial charge on any atom is -0.0512 e. The topological polar surface area (TPSA) is 0 Å². The normalized spacial score (nSPS) is 12.2. The van der Waals surface area contributed by atoms with Gasteiger partial charge in [-0.05, 0) is 0 Å². The Kier molecular flexibility index (Phi) is 9.63. The maximum atomic E-state index is 2.26. The van der Waals surface area contributed by atoms with Gasteiger partial charge >= 0.3 is 99.2 Å². The SMILES string of the molecule is CC(C)c1cc[cH-]c1.[Zr+2]=[C](c1ccccc1)c1ccccc1.c1cc2c([cH-]1)CCCC2. The number of hydrogen-bond donors (Lipinski definition) is 0. The van der Waals surface area contributed by atoms with Crippen molar-refractivity contribution in [1.29, 1.82) is 0 Å². The number of hydrogen-bond acceptors (Lipinski definition) is 0. The van der Waals surface area contributed by atoms with Crippen LogP contribution >= 0.6 is 0 Å². The molecule has 5 rings (SSSR count). The Labute approximate surface area is 203 Å². The van der Waals surface area contributed by atoms with E-state index in [4.69, 9.17) is 0 Å². The second kappa shape index (κ2) is 12.7. The van der Waals surface area contributed by atoms with E-state index >= 15 is 0 Å². The third kappa shape index (κ3) is 7.51. The molecule has 0 atom stereocenters. The molecule has 0 fully saturated rings. The molecule has 0 aliphatic heterocycles. The van der Waals surface area contributed by atoms with Gasteiger partial charge < -0.3 is 0 Å². The summed E-state index contributed by atoms with van der Waals surface area (Å²) in [6.07, 6.45) is 5.44. The zero-order valence-corrected chi connectivity index (χ0v) is 21.2. The van der Waals surface area contributed by atoms with Crippen molar-refractivity contribution in [3.8, 4) is 0 Å². The van der Waals surface area contributed by atoms with Gasteiger partial charge in [0.2, 0.25) is 0 Å². The van der Waals surface area contributed by atoms with Crippen molar-refractivity contribution in [3.63, 3.8) is 0 Å². The van der Waals surface area contributed by atoms with Gasteiger partial charge in [-0.1, -0.05) is 45.4 Å². The zero-order valence-electron chi connectivity index (χ0n) is 18.7. The molecule has 0 bridgehead atoms. The van der Waals surface area contributed by atoms with Gasteiger partial charge in [0.05, 0.1) is 0 Å². The van der Waals surface area contributed by atoms with Gasteiger partial charge in [-0.3, -0.25) is 0 Å². The van der Waals surface area contributed by atoms with Crippen molar-refractivity contribution >= 4 is 3.21 Å². The predicted octanol–water partition coefficient (Wildman–Crippen LogP) is 7.62. The average Bonchev–Trinajstić information content (AvgIpc) is 3.53. The third-order valence-corrected chi connectivity index (χ3v) is 7.05. The average molecular weight is 484 g/mol. The van der Waals surface area contributed by atoms with Gasteiger partial charge in [0.15, 0.2) is 0 Å². The van der Waals surface area contributed by atoms with Gasteiger partial charge in [0, 0.05) is 0 Å². The summed E-state index contributed by atoms with van der Waals surface area (Å²) in [4.78, 5) is 0. The standard InChI is InChI=1S/C13H10.C9H11.C8H11.Zr/c1-3-7-12(8-4-1)11-13-9-5-2-6-10-13;1-2-5-9-7-3-6-8(9)4-1;1-7(2)8-5-3-4-6-8;/h1-10H;3,6-7H,1-2,4-5H2;3-7H,1-2H3;/q;2*-1;+2. The summed E-state index contributed by atoms with van der Waals surface area (Å²) in [5.74, 6) is 0.685.